The molecule has 1 amide bonds. The molecule has 0 saturated carbocycles. The third-order valence-electron chi connectivity index (χ3n) is 6.51. The van der Waals surface area contributed by atoms with Gasteiger partial charge in [-0.15, -0.1) is 0 Å². The number of piperazine rings is 1. The van der Waals surface area contributed by atoms with Gasteiger partial charge in [-0.3, -0.25) is 9.69 Å². The lowest BCUT2D eigenvalue weighted by Crippen LogP contribution is -2.55. The van der Waals surface area contributed by atoms with E-state index < -0.39 is 0 Å². The van der Waals surface area contributed by atoms with Gasteiger partial charge in [-0.05, 0) is 44.0 Å². The smallest absolute Gasteiger partial charge is 0.224 e. The number of hydrogen-bond acceptors (Lipinski definition) is 5. The van der Waals surface area contributed by atoms with Crippen LogP contribution in [0.2, 0.25) is 0 Å². The van der Waals surface area contributed by atoms with Gasteiger partial charge in [0.1, 0.15) is 11.6 Å². The Balaban J connectivity index is 1.26. The van der Waals surface area contributed by atoms with Gasteiger partial charge in [-0.2, -0.15) is 0 Å². The van der Waals surface area contributed by atoms with E-state index in [1.807, 2.05) is 25.3 Å². The lowest BCUT2D eigenvalue weighted by atomic mass is 10.0. The van der Waals surface area contributed by atoms with Crippen molar-refractivity contribution in [2.45, 2.75) is 38.8 Å². The van der Waals surface area contributed by atoms with Crippen molar-refractivity contribution in [3.8, 4) is 5.75 Å². The lowest BCUT2D eigenvalue weighted by molar-refractivity contribution is -0.133. The molecule has 7 heteroatoms. The minimum Gasteiger partial charge on any atom is -0.497 e. The van der Waals surface area contributed by atoms with Crippen molar-refractivity contribution in [3.63, 3.8) is 0 Å². The van der Waals surface area contributed by atoms with Crippen LogP contribution >= 0.6 is 0 Å². The Morgan fingerprint density at radius 2 is 1.90 bits per heavy atom. The summed E-state index contributed by atoms with van der Waals surface area (Å²) in [5.41, 5.74) is 1.26. The molecule has 0 aliphatic carbocycles. The minimum absolute atomic E-state index is 0.268. The van der Waals surface area contributed by atoms with Crippen LogP contribution in [0.4, 0.5) is 5.69 Å². The number of benzene rings is 1. The predicted molar refractivity (Wildman–Crippen MR) is 118 cm³/mol. The number of imidazole rings is 1. The summed E-state index contributed by atoms with van der Waals surface area (Å²) >= 11 is 0. The number of piperidine rings is 1. The molecule has 3 heterocycles. The molecule has 1 atom stereocenters. The molecule has 1 aromatic carbocycles. The summed E-state index contributed by atoms with van der Waals surface area (Å²) in [5, 5.41) is 0. The maximum atomic E-state index is 12.8. The van der Waals surface area contributed by atoms with Crippen molar-refractivity contribution in [2.75, 3.05) is 51.3 Å². The number of likely N-dealkylation sites (tertiary alicyclic amines) is 1. The molecule has 0 radical (unpaired) electrons. The number of carbonyl (C=O) groups excluding carboxylic acids is 1. The highest BCUT2D eigenvalue weighted by molar-refractivity contribution is 5.76. The summed E-state index contributed by atoms with van der Waals surface area (Å²) in [7, 11) is 1.70. The molecule has 2 aromatic rings. The molecule has 2 aliphatic rings. The van der Waals surface area contributed by atoms with Gasteiger partial charge in [0, 0.05) is 76.4 Å². The SMILES string of the molecule is COc1ccc(N2CCN([C@H]3CCCN(C(=O)CCn4ccnc4C)C3)CC2)cc1. The molecule has 7 nitrogen and oxygen atoms in total. The standard InChI is InChI=1S/C23H33N5O2/c1-19-24-10-13-25(19)12-9-23(29)28-11-3-4-21(18-28)27-16-14-26(15-17-27)20-5-7-22(30-2)8-6-20/h5-8,10,13,21H,3-4,9,11-12,14-18H2,1-2H3/t21-/m0/s1. The average Bonchev–Trinajstić information content (AvgIpc) is 3.22. The predicted octanol–water partition coefficient (Wildman–Crippen LogP) is 2.40. The largest absolute Gasteiger partial charge is 0.497 e. The van der Waals surface area contributed by atoms with Crippen LogP contribution in [0, 0.1) is 6.92 Å². The summed E-state index contributed by atoms with van der Waals surface area (Å²) in [6.07, 6.45) is 6.58. The minimum atomic E-state index is 0.268. The zero-order valence-corrected chi connectivity index (χ0v) is 18.2. The molecule has 0 unspecified atom stereocenters. The monoisotopic (exact) mass is 411 g/mol. The molecule has 0 bridgehead atoms. The summed E-state index contributed by atoms with van der Waals surface area (Å²) in [6, 6.07) is 8.81. The first-order valence-corrected chi connectivity index (χ1v) is 11.0. The van der Waals surface area contributed by atoms with Crippen LogP contribution in [-0.4, -0.2) is 77.7 Å². The van der Waals surface area contributed by atoms with Crippen LogP contribution in [0.3, 0.4) is 0 Å². The van der Waals surface area contributed by atoms with Crippen molar-refractivity contribution in [1.82, 2.24) is 19.4 Å². The van der Waals surface area contributed by atoms with Crippen molar-refractivity contribution in [2.24, 2.45) is 0 Å². The van der Waals surface area contributed by atoms with Crippen molar-refractivity contribution in [1.29, 1.82) is 0 Å². The van der Waals surface area contributed by atoms with Gasteiger partial charge in [-0.1, -0.05) is 0 Å². The maximum Gasteiger partial charge on any atom is 0.224 e. The first-order chi connectivity index (χ1) is 14.6. The zero-order valence-electron chi connectivity index (χ0n) is 18.2. The molecular weight excluding hydrogens is 378 g/mol. The third-order valence-corrected chi connectivity index (χ3v) is 6.51. The fraction of sp³-hybridized carbons (Fsp3) is 0.565. The van der Waals surface area contributed by atoms with E-state index in [4.69, 9.17) is 4.74 Å². The number of aryl methyl sites for hydroxylation is 2. The van der Waals surface area contributed by atoms with E-state index in [0.29, 0.717) is 19.0 Å². The van der Waals surface area contributed by atoms with Crippen molar-refractivity contribution >= 4 is 11.6 Å². The van der Waals surface area contributed by atoms with Crippen LogP contribution in [-0.2, 0) is 11.3 Å². The van der Waals surface area contributed by atoms with E-state index in [-0.39, 0.29) is 5.91 Å². The summed E-state index contributed by atoms with van der Waals surface area (Å²) in [6.45, 7) is 8.60. The Bertz CT molecular complexity index is 826. The first-order valence-electron chi connectivity index (χ1n) is 11.0. The summed E-state index contributed by atoms with van der Waals surface area (Å²) in [4.78, 5) is 24.1. The Labute approximate surface area is 179 Å². The first kappa shape index (κ1) is 20.7. The second-order valence-electron chi connectivity index (χ2n) is 8.27. The molecular formula is C23H33N5O2. The Kier molecular flexibility index (Phi) is 6.57. The lowest BCUT2D eigenvalue weighted by Gasteiger charge is -2.44. The second kappa shape index (κ2) is 9.51. The van der Waals surface area contributed by atoms with Crippen LogP contribution in [0.15, 0.2) is 36.7 Å². The number of anilines is 1. The fourth-order valence-corrected chi connectivity index (χ4v) is 4.63. The van der Waals surface area contributed by atoms with Gasteiger partial charge >= 0.3 is 0 Å². The number of ether oxygens (including phenoxy) is 1. The number of methoxy groups -OCH3 is 1. The van der Waals surface area contributed by atoms with Crippen LogP contribution in [0.5, 0.6) is 5.75 Å². The molecule has 1 aromatic heterocycles. The second-order valence-corrected chi connectivity index (χ2v) is 8.27. The van der Waals surface area contributed by atoms with Gasteiger partial charge in [0.15, 0.2) is 0 Å². The van der Waals surface area contributed by atoms with E-state index in [9.17, 15) is 4.79 Å². The number of carbonyl (C=O) groups is 1. The van der Waals surface area contributed by atoms with Crippen molar-refractivity contribution < 1.29 is 9.53 Å². The molecule has 30 heavy (non-hydrogen) atoms. The Morgan fingerprint density at radius 3 is 2.57 bits per heavy atom. The van der Waals surface area contributed by atoms with E-state index in [2.05, 4.69) is 36.4 Å². The van der Waals surface area contributed by atoms with Crippen LogP contribution in [0.1, 0.15) is 25.1 Å². The van der Waals surface area contributed by atoms with E-state index in [1.165, 1.54) is 12.1 Å². The fourth-order valence-electron chi connectivity index (χ4n) is 4.63. The number of nitrogens with zero attached hydrogens (tertiary/aromatic N) is 5. The molecule has 162 valence electrons. The Hall–Kier alpha value is -2.54. The molecule has 2 fully saturated rings. The van der Waals surface area contributed by atoms with Gasteiger partial charge in [0.25, 0.3) is 0 Å². The average molecular weight is 412 g/mol. The highest BCUT2D eigenvalue weighted by Crippen LogP contribution is 2.23. The van der Waals surface area contributed by atoms with Crippen LogP contribution < -0.4 is 9.64 Å². The molecule has 0 N–H and O–H groups in total. The number of amides is 1. The number of aromatic nitrogens is 2. The van der Waals surface area contributed by atoms with Gasteiger partial charge in [-0.25, -0.2) is 4.98 Å². The highest BCUT2D eigenvalue weighted by atomic mass is 16.5. The highest BCUT2D eigenvalue weighted by Gasteiger charge is 2.30. The summed E-state index contributed by atoms with van der Waals surface area (Å²) < 4.78 is 7.32. The normalized spacial score (nSPS) is 20.4. The van der Waals surface area contributed by atoms with E-state index >= 15 is 0 Å². The quantitative estimate of drug-likeness (QED) is 0.731. The van der Waals surface area contributed by atoms with E-state index in [0.717, 1.165) is 57.3 Å². The van der Waals surface area contributed by atoms with Gasteiger partial charge in [0.05, 0.1) is 7.11 Å². The molecule has 2 aliphatic heterocycles. The molecule has 0 spiro atoms. The van der Waals surface area contributed by atoms with Crippen LogP contribution in [0.25, 0.3) is 0 Å². The van der Waals surface area contributed by atoms with Crippen molar-refractivity contribution in [3.05, 3.63) is 42.5 Å². The topological polar surface area (TPSA) is 53.8 Å². The van der Waals surface area contributed by atoms with Gasteiger partial charge in [0.2, 0.25) is 5.91 Å². The summed E-state index contributed by atoms with van der Waals surface area (Å²) in [5.74, 6) is 2.13. The number of hydrogen-bond donors (Lipinski definition) is 0. The zero-order chi connectivity index (χ0) is 20.9. The molecule has 4 rings (SSSR count). The third kappa shape index (κ3) is 4.78. The number of rotatable bonds is 6. The van der Waals surface area contributed by atoms with Gasteiger partial charge < -0.3 is 19.1 Å². The molecule has 2 saturated heterocycles. The Morgan fingerprint density at radius 1 is 1.13 bits per heavy atom. The maximum absolute atomic E-state index is 12.8. The van der Waals surface area contributed by atoms with E-state index in [1.54, 1.807) is 13.3 Å².